The molecule has 72 valence electrons. The largest absolute Gasteiger partial charge is 0.489 e. The molecule has 13 heavy (non-hydrogen) atoms. The summed E-state index contributed by atoms with van der Waals surface area (Å²) in [7, 11) is 1.91. The highest BCUT2D eigenvalue weighted by Crippen LogP contribution is 2.11. The van der Waals surface area contributed by atoms with Crippen molar-refractivity contribution in [2.24, 2.45) is 0 Å². The van der Waals surface area contributed by atoms with Crippen LogP contribution in [0.2, 0.25) is 0 Å². The van der Waals surface area contributed by atoms with E-state index in [1.807, 2.05) is 33.0 Å². The van der Waals surface area contributed by atoms with E-state index in [9.17, 15) is 0 Å². The zero-order valence-corrected chi connectivity index (χ0v) is 8.37. The summed E-state index contributed by atoms with van der Waals surface area (Å²) in [6, 6.07) is 3.81. The molecular weight excluding hydrogens is 164 g/mol. The van der Waals surface area contributed by atoms with Crippen molar-refractivity contribution >= 4 is 0 Å². The van der Waals surface area contributed by atoms with Gasteiger partial charge < -0.3 is 10.1 Å². The Morgan fingerprint density at radius 1 is 1.62 bits per heavy atom. The number of rotatable bonds is 4. The summed E-state index contributed by atoms with van der Waals surface area (Å²) in [4.78, 5) is 4.10. The maximum atomic E-state index is 5.63. The minimum absolute atomic E-state index is 0.187. The van der Waals surface area contributed by atoms with E-state index in [0.717, 1.165) is 18.0 Å². The maximum Gasteiger partial charge on any atom is 0.123 e. The highest BCUT2D eigenvalue weighted by Gasteiger charge is 2.01. The number of aromatic nitrogens is 1. The van der Waals surface area contributed by atoms with E-state index in [1.165, 1.54) is 0 Å². The van der Waals surface area contributed by atoms with Crippen molar-refractivity contribution < 1.29 is 4.74 Å². The molecule has 0 saturated heterocycles. The quantitative estimate of drug-likeness (QED) is 0.760. The van der Waals surface area contributed by atoms with Gasteiger partial charge in [0.1, 0.15) is 11.9 Å². The maximum absolute atomic E-state index is 5.63. The lowest BCUT2D eigenvalue weighted by Gasteiger charge is -2.13. The van der Waals surface area contributed by atoms with Gasteiger partial charge in [0.05, 0.1) is 0 Å². The van der Waals surface area contributed by atoms with Crippen molar-refractivity contribution in [2.45, 2.75) is 20.0 Å². The predicted octanol–water partition coefficient (Wildman–Crippen LogP) is 1.38. The number of ether oxygens (including phenoxy) is 1. The van der Waals surface area contributed by atoms with Gasteiger partial charge in [-0.05, 0) is 27.0 Å². The number of aryl methyl sites for hydroxylation is 1. The van der Waals surface area contributed by atoms with Gasteiger partial charge in [0, 0.05) is 24.5 Å². The van der Waals surface area contributed by atoms with Gasteiger partial charge in [-0.1, -0.05) is 0 Å². The molecule has 1 N–H and O–H groups in total. The van der Waals surface area contributed by atoms with E-state index in [2.05, 4.69) is 10.3 Å². The van der Waals surface area contributed by atoms with Gasteiger partial charge in [0.15, 0.2) is 0 Å². The number of nitrogens with zero attached hydrogens (tertiary/aromatic N) is 1. The van der Waals surface area contributed by atoms with Gasteiger partial charge in [0.2, 0.25) is 0 Å². The Hall–Kier alpha value is -1.09. The second-order valence-electron chi connectivity index (χ2n) is 3.12. The third kappa shape index (κ3) is 3.42. The SMILES string of the molecule is CNCC(C)Oc1ccnc(C)c1. The van der Waals surface area contributed by atoms with Crippen LogP contribution >= 0.6 is 0 Å². The molecule has 0 bridgehead atoms. The molecule has 1 aromatic heterocycles. The van der Waals surface area contributed by atoms with Crippen molar-refractivity contribution in [3.8, 4) is 5.75 Å². The number of hydrogen-bond donors (Lipinski definition) is 1. The van der Waals surface area contributed by atoms with E-state index in [1.54, 1.807) is 6.20 Å². The fourth-order valence-electron chi connectivity index (χ4n) is 1.15. The molecule has 0 amide bonds. The Labute approximate surface area is 79.1 Å². The average molecular weight is 180 g/mol. The first-order chi connectivity index (χ1) is 6.22. The Morgan fingerprint density at radius 3 is 3.00 bits per heavy atom. The molecule has 0 aliphatic rings. The molecule has 0 radical (unpaired) electrons. The highest BCUT2D eigenvalue weighted by atomic mass is 16.5. The van der Waals surface area contributed by atoms with E-state index in [4.69, 9.17) is 4.74 Å². The molecule has 3 heteroatoms. The first-order valence-electron chi connectivity index (χ1n) is 4.46. The summed E-state index contributed by atoms with van der Waals surface area (Å²) in [6.45, 7) is 4.84. The van der Waals surface area contributed by atoms with Gasteiger partial charge in [-0.3, -0.25) is 4.98 Å². The van der Waals surface area contributed by atoms with Crippen LogP contribution in [0.4, 0.5) is 0 Å². The second-order valence-corrected chi connectivity index (χ2v) is 3.12. The van der Waals surface area contributed by atoms with Crippen molar-refractivity contribution in [2.75, 3.05) is 13.6 Å². The van der Waals surface area contributed by atoms with Crippen LogP contribution in [-0.2, 0) is 0 Å². The van der Waals surface area contributed by atoms with Crippen LogP contribution in [0, 0.1) is 6.92 Å². The van der Waals surface area contributed by atoms with Gasteiger partial charge in [0.25, 0.3) is 0 Å². The normalized spacial score (nSPS) is 12.5. The predicted molar refractivity (Wildman–Crippen MR) is 53.0 cm³/mol. The van der Waals surface area contributed by atoms with Crippen LogP contribution in [0.1, 0.15) is 12.6 Å². The molecular formula is C10H16N2O. The van der Waals surface area contributed by atoms with Gasteiger partial charge in [-0.2, -0.15) is 0 Å². The standard InChI is InChI=1S/C10H16N2O/c1-8-6-10(4-5-12-8)13-9(2)7-11-3/h4-6,9,11H,7H2,1-3H3. The fraction of sp³-hybridized carbons (Fsp3) is 0.500. The molecule has 0 aliphatic heterocycles. The molecule has 0 aliphatic carbocycles. The third-order valence-corrected chi connectivity index (χ3v) is 1.70. The molecule has 0 saturated carbocycles. The summed E-state index contributed by atoms with van der Waals surface area (Å²) in [5, 5.41) is 3.06. The second kappa shape index (κ2) is 4.82. The monoisotopic (exact) mass is 180 g/mol. The number of nitrogens with one attached hydrogen (secondary N) is 1. The van der Waals surface area contributed by atoms with Gasteiger partial charge in [-0.15, -0.1) is 0 Å². The number of pyridine rings is 1. The minimum Gasteiger partial charge on any atom is -0.489 e. The van der Waals surface area contributed by atoms with Crippen molar-refractivity contribution in [3.63, 3.8) is 0 Å². The minimum atomic E-state index is 0.187. The van der Waals surface area contributed by atoms with Crippen LogP contribution in [0.15, 0.2) is 18.3 Å². The lowest BCUT2D eigenvalue weighted by atomic mass is 10.3. The van der Waals surface area contributed by atoms with Crippen LogP contribution < -0.4 is 10.1 Å². The Balaban J connectivity index is 2.53. The zero-order valence-electron chi connectivity index (χ0n) is 8.37. The van der Waals surface area contributed by atoms with Crippen LogP contribution in [0.5, 0.6) is 5.75 Å². The van der Waals surface area contributed by atoms with Crippen LogP contribution in [0.3, 0.4) is 0 Å². The Kier molecular flexibility index (Phi) is 3.71. The van der Waals surface area contributed by atoms with E-state index in [-0.39, 0.29) is 6.10 Å². The lowest BCUT2D eigenvalue weighted by molar-refractivity contribution is 0.220. The molecule has 1 atom stereocenters. The Bertz CT molecular complexity index is 263. The first kappa shape index (κ1) is 9.99. The van der Waals surface area contributed by atoms with E-state index < -0.39 is 0 Å². The summed E-state index contributed by atoms with van der Waals surface area (Å²) in [6.07, 6.45) is 1.95. The van der Waals surface area contributed by atoms with Gasteiger partial charge >= 0.3 is 0 Å². The average Bonchev–Trinajstić information content (AvgIpc) is 2.04. The zero-order chi connectivity index (χ0) is 9.68. The van der Waals surface area contributed by atoms with E-state index in [0.29, 0.717) is 0 Å². The lowest BCUT2D eigenvalue weighted by Crippen LogP contribution is -2.26. The van der Waals surface area contributed by atoms with Gasteiger partial charge in [-0.25, -0.2) is 0 Å². The Morgan fingerprint density at radius 2 is 2.38 bits per heavy atom. The smallest absolute Gasteiger partial charge is 0.123 e. The van der Waals surface area contributed by atoms with E-state index >= 15 is 0 Å². The van der Waals surface area contributed by atoms with Crippen molar-refractivity contribution in [1.29, 1.82) is 0 Å². The molecule has 1 heterocycles. The summed E-state index contributed by atoms with van der Waals surface area (Å²) in [5.74, 6) is 0.884. The number of likely N-dealkylation sites (N-methyl/N-ethyl adjacent to an activating group) is 1. The van der Waals surface area contributed by atoms with Crippen LogP contribution in [0.25, 0.3) is 0 Å². The summed E-state index contributed by atoms with van der Waals surface area (Å²) in [5.41, 5.74) is 0.981. The number of hydrogen-bond acceptors (Lipinski definition) is 3. The van der Waals surface area contributed by atoms with Crippen molar-refractivity contribution in [1.82, 2.24) is 10.3 Å². The molecule has 1 aromatic rings. The molecule has 0 fully saturated rings. The van der Waals surface area contributed by atoms with Crippen molar-refractivity contribution in [3.05, 3.63) is 24.0 Å². The van der Waals surface area contributed by atoms with Crippen LogP contribution in [-0.4, -0.2) is 24.7 Å². The topological polar surface area (TPSA) is 34.1 Å². The molecule has 3 nitrogen and oxygen atoms in total. The molecule has 1 unspecified atom stereocenters. The fourth-order valence-corrected chi connectivity index (χ4v) is 1.15. The third-order valence-electron chi connectivity index (χ3n) is 1.70. The molecule has 1 rings (SSSR count). The summed E-state index contributed by atoms with van der Waals surface area (Å²) < 4.78 is 5.63. The highest BCUT2D eigenvalue weighted by molar-refractivity contribution is 5.21. The molecule has 0 aromatic carbocycles. The molecule has 0 spiro atoms. The summed E-state index contributed by atoms with van der Waals surface area (Å²) >= 11 is 0. The first-order valence-corrected chi connectivity index (χ1v) is 4.46.